The van der Waals surface area contributed by atoms with E-state index in [1.807, 2.05) is 0 Å². The van der Waals surface area contributed by atoms with E-state index in [0.29, 0.717) is 11.2 Å². The van der Waals surface area contributed by atoms with E-state index in [-0.39, 0.29) is 16.7 Å². The highest BCUT2D eigenvalue weighted by molar-refractivity contribution is 5.93. The normalized spacial score (nSPS) is 11.7. The van der Waals surface area contributed by atoms with Gasteiger partial charge in [0.05, 0.1) is 10.6 Å². The van der Waals surface area contributed by atoms with Crippen molar-refractivity contribution in [3.05, 3.63) is 22.2 Å². The first-order chi connectivity index (χ1) is 8.94. The molecule has 0 bridgehead atoms. The third-order valence-corrected chi connectivity index (χ3v) is 2.94. The van der Waals surface area contributed by atoms with Crippen molar-refractivity contribution in [2.75, 3.05) is 5.32 Å². The Morgan fingerprint density at radius 3 is 2.68 bits per heavy atom. The number of hydrogen-bond acceptors (Lipinski definition) is 6. The zero-order valence-electron chi connectivity index (χ0n) is 11.1. The summed E-state index contributed by atoms with van der Waals surface area (Å²) in [6, 6.07) is 3.05. The Morgan fingerprint density at radius 1 is 1.37 bits per heavy atom. The number of nitro groups is 1. The van der Waals surface area contributed by atoms with Gasteiger partial charge in [-0.3, -0.25) is 10.1 Å². The number of non-ortho nitro benzene ring substituents is 1. The van der Waals surface area contributed by atoms with Gasteiger partial charge in [-0.2, -0.15) is 0 Å². The fourth-order valence-electron chi connectivity index (χ4n) is 2.15. The van der Waals surface area contributed by atoms with Gasteiger partial charge in [0, 0.05) is 11.6 Å². The first kappa shape index (κ1) is 13.3. The Balaban J connectivity index is 2.43. The largest absolute Gasteiger partial charge is 0.378 e. The third-order valence-electron chi connectivity index (χ3n) is 2.94. The number of aromatic nitrogens is 2. The molecule has 0 unspecified atom stereocenters. The smallest absolute Gasteiger partial charge is 0.300 e. The lowest BCUT2D eigenvalue weighted by atomic mass is 9.98. The molecule has 0 atom stereocenters. The lowest BCUT2D eigenvalue weighted by Gasteiger charge is -2.27. The molecule has 7 nitrogen and oxygen atoms in total. The van der Waals surface area contributed by atoms with Gasteiger partial charge in [-0.05, 0) is 36.6 Å². The van der Waals surface area contributed by atoms with Gasteiger partial charge in [-0.1, -0.05) is 13.3 Å². The Kier molecular flexibility index (Phi) is 3.37. The summed E-state index contributed by atoms with van der Waals surface area (Å²) in [6.07, 6.45) is 2.00. The van der Waals surface area contributed by atoms with Gasteiger partial charge in [-0.15, -0.1) is 0 Å². The van der Waals surface area contributed by atoms with Gasteiger partial charge >= 0.3 is 5.69 Å². The third kappa shape index (κ3) is 2.64. The predicted octanol–water partition coefficient (Wildman–Crippen LogP) is 3.12. The average Bonchev–Trinajstić information content (AvgIpc) is 2.77. The van der Waals surface area contributed by atoms with Crippen LogP contribution in [0.2, 0.25) is 0 Å². The molecule has 1 aromatic carbocycles. The van der Waals surface area contributed by atoms with Crippen LogP contribution in [-0.2, 0) is 0 Å². The summed E-state index contributed by atoms with van der Waals surface area (Å²) in [5.41, 5.74) is 1.02. The number of fused-ring (bicyclic) bond motifs is 1. The quantitative estimate of drug-likeness (QED) is 0.658. The maximum absolute atomic E-state index is 10.9. The zero-order valence-corrected chi connectivity index (χ0v) is 11.1. The molecule has 102 valence electrons. The van der Waals surface area contributed by atoms with Crippen LogP contribution in [0.1, 0.15) is 33.6 Å². The van der Waals surface area contributed by atoms with Crippen molar-refractivity contribution in [3.8, 4) is 0 Å². The summed E-state index contributed by atoms with van der Waals surface area (Å²) < 4.78 is 4.63. The minimum Gasteiger partial charge on any atom is -0.378 e. The van der Waals surface area contributed by atoms with Crippen LogP contribution in [-0.4, -0.2) is 20.8 Å². The predicted molar refractivity (Wildman–Crippen MR) is 71.1 cm³/mol. The molecule has 1 N–H and O–H groups in total. The molecule has 0 amide bonds. The maximum atomic E-state index is 10.9. The zero-order chi connectivity index (χ0) is 14.0. The van der Waals surface area contributed by atoms with Crippen LogP contribution in [0.4, 0.5) is 11.4 Å². The SMILES string of the molecule is CCCC(C)(C)Nc1ccc([N+](=O)[O-])c2nonc12. The van der Waals surface area contributed by atoms with Crippen LogP contribution in [0.5, 0.6) is 0 Å². The summed E-state index contributed by atoms with van der Waals surface area (Å²) in [7, 11) is 0. The van der Waals surface area contributed by atoms with Crippen LogP contribution < -0.4 is 5.32 Å². The molecule has 0 spiro atoms. The molecule has 0 aliphatic heterocycles. The Bertz CT molecular complexity index is 606. The molecule has 1 aromatic heterocycles. The number of rotatable bonds is 5. The van der Waals surface area contributed by atoms with Crippen LogP contribution in [0.25, 0.3) is 11.0 Å². The molecule has 0 aliphatic rings. The van der Waals surface area contributed by atoms with Crippen molar-refractivity contribution in [2.45, 2.75) is 39.2 Å². The molecular formula is C12H16N4O3. The highest BCUT2D eigenvalue weighted by Crippen LogP contribution is 2.31. The number of nitrogens with one attached hydrogen (secondary N) is 1. The lowest BCUT2D eigenvalue weighted by molar-refractivity contribution is -0.383. The van der Waals surface area contributed by atoms with Crippen LogP contribution >= 0.6 is 0 Å². The second-order valence-corrected chi connectivity index (χ2v) is 5.11. The maximum Gasteiger partial charge on any atom is 0.300 e. The van der Waals surface area contributed by atoms with Crippen molar-refractivity contribution in [1.29, 1.82) is 0 Å². The van der Waals surface area contributed by atoms with Gasteiger partial charge in [0.15, 0.2) is 5.52 Å². The topological polar surface area (TPSA) is 94.1 Å². The number of anilines is 1. The van der Waals surface area contributed by atoms with Gasteiger partial charge in [-0.25, -0.2) is 4.63 Å². The highest BCUT2D eigenvalue weighted by atomic mass is 16.6. The Labute approximate surface area is 110 Å². The van der Waals surface area contributed by atoms with Crippen molar-refractivity contribution in [3.63, 3.8) is 0 Å². The first-order valence-corrected chi connectivity index (χ1v) is 6.12. The molecule has 0 aliphatic carbocycles. The second kappa shape index (κ2) is 4.83. The van der Waals surface area contributed by atoms with Crippen molar-refractivity contribution < 1.29 is 9.55 Å². The van der Waals surface area contributed by atoms with E-state index in [2.05, 4.69) is 41.0 Å². The molecule has 0 saturated carbocycles. The van der Waals surface area contributed by atoms with E-state index in [1.165, 1.54) is 6.07 Å². The number of nitro benzene ring substituents is 1. The summed E-state index contributed by atoms with van der Waals surface area (Å²) in [4.78, 5) is 10.4. The second-order valence-electron chi connectivity index (χ2n) is 5.11. The molecule has 1 heterocycles. The summed E-state index contributed by atoms with van der Waals surface area (Å²) in [5, 5.41) is 21.6. The molecule has 7 heteroatoms. The fourth-order valence-corrected chi connectivity index (χ4v) is 2.15. The Morgan fingerprint density at radius 2 is 2.05 bits per heavy atom. The van der Waals surface area contributed by atoms with E-state index in [9.17, 15) is 10.1 Å². The van der Waals surface area contributed by atoms with Gasteiger partial charge in [0.1, 0.15) is 0 Å². The van der Waals surface area contributed by atoms with Crippen molar-refractivity contribution in [2.24, 2.45) is 0 Å². The molecule has 19 heavy (non-hydrogen) atoms. The first-order valence-electron chi connectivity index (χ1n) is 6.12. The summed E-state index contributed by atoms with van der Waals surface area (Å²) >= 11 is 0. The molecular weight excluding hydrogens is 248 g/mol. The van der Waals surface area contributed by atoms with E-state index >= 15 is 0 Å². The van der Waals surface area contributed by atoms with Crippen LogP contribution in [0.15, 0.2) is 16.8 Å². The van der Waals surface area contributed by atoms with Crippen LogP contribution in [0, 0.1) is 10.1 Å². The van der Waals surface area contributed by atoms with Crippen LogP contribution in [0.3, 0.4) is 0 Å². The van der Waals surface area contributed by atoms with Crippen molar-refractivity contribution in [1.82, 2.24) is 10.3 Å². The molecule has 2 aromatic rings. The van der Waals surface area contributed by atoms with E-state index in [0.717, 1.165) is 12.8 Å². The fraction of sp³-hybridized carbons (Fsp3) is 0.500. The molecule has 0 radical (unpaired) electrons. The number of benzene rings is 1. The van der Waals surface area contributed by atoms with Gasteiger partial charge in [0.25, 0.3) is 0 Å². The van der Waals surface area contributed by atoms with Gasteiger partial charge in [0.2, 0.25) is 5.52 Å². The average molecular weight is 264 g/mol. The van der Waals surface area contributed by atoms with E-state index < -0.39 is 4.92 Å². The number of nitrogens with zero attached hydrogens (tertiary/aromatic N) is 3. The number of hydrogen-bond donors (Lipinski definition) is 1. The minimum absolute atomic E-state index is 0.102. The molecule has 0 fully saturated rings. The molecule has 2 rings (SSSR count). The van der Waals surface area contributed by atoms with E-state index in [4.69, 9.17) is 0 Å². The summed E-state index contributed by atoms with van der Waals surface area (Å²) in [5.74, 6) is 0. The Hall–Kier alpha value is -2.18. The van der Waals surface area contributed by atoms with Crippen molar-refractivity contribution >= 4 is 22.4 Å². The monoisotopic (exact) mass is 264 g/mol. The standard InChI is InChI=1S/C12H16N4O3/c1-4-7-12(2,3)13-8-5-6-9(16(17)18)11-10(8)14-19-15-11/h5-6,13H,4,7H2,1-3H3. The lowest BCUT2D eigenvalue weighted by Crippen LogP contribution is -2.30. The van der Waals surface area contributed by atoms with E-state index in [1.54, 1.807) is 6.07 Å². The van der Waals surface area contributed by atoms with Gasteiger partial charge < -0.3 is 5.32 Å². The summed E-state index contributed by atoms with van der Waals surface area (Å²) in [6.45, 7) is 6.24. The molecule has 0 saturated heterocycles. The minimum atomic E-state index is -0.493. The highest BCUT2D eigenvalue weighted by Gasteiger charge is 2.23.